The van der Waals surface area contributed by atoms with Crippen LogP contribution in [0.25, 0.3) is 0 Å². The van der Waals surface area contributed by atoms with Gasteiger partial charge in [-0.2, -0.15) is 0 Å². The summed E-state index contributed by atoms with van der Waals surface area (Å²) in [6.07, 6.45) is 8.24. The van der Waals surface area contributed by atoms with Crippen LogP contribution in [0.15, 0.2) is 0 Å². The van der Waals surface area contributed by atoms with Gasteiger partial charge in [-0.1, -0.05) is 27.7 Å². The molecular formula is C17H34N2. The van der Waals surface area contributed by atoms with Gasteiger partial charge in [0.05, 0.1) is 0 Å². The molecule has 2 aliphatic carbocycles. The molecule has 0 aliphatic heterocycles. The molecule has 0 unspecified atom stereocenters. The average Bonchev–Trinajstić information content (AvgIpc) is 3.20. The van der Waals surface area contributed by atoms with E-state index in [0.717, 1.165) is 30.3 Å². The predicted molar refractivity (Wildman–Crippen MR) is 83.1 cm³/mol. The van der Waals surface area contributed by atoms with Gasteiger partial charge in [-0.15, -0.1) is 0 Å². The van der Waals surface area contributed by atoms with Gasteiger partial charge >= 0.3 is 0 Å². The van der Waals surface area contributed by atoms with Crippen molar-refractivity contribution < 1.29 is 0 Å². The summed E-state index contributed by atoms with van der Waals surface area (Å²) in [6.45, 7) is 11.6. The van der Waals surface area contributed by atoms with Crippen molar-refractivity contribution in [1.82, 2.24) is 4.90 Å². The number of nitrogens with zero attached hydrogens (tertiary/aromatic N) is 1. The average molecular weight is 266 g/mol. The molecule has 2 nitrogen and oxygen atoms in total. The van der Waals surface area contributed by atoms with Gasteiger partial charge in [0.25, 0.3) is 0 Å². The van der Waals surface area contributed by atoms with E-state index in [0.29, 0.717) is 5.54 Å². The standard InChI is InChI=1S/C17H34N2/c1-13(2)11-19(16-5-6-16)17(12-18)9-7-15(8-10-17)14(3)4/h13-16H,5-12,18H2,1-4H3. The van der Waals surface area contributed by atoms with Crippen molar-refractivity contribution in [2.45, 2.75) is 77.8 Å². The first-order valence-electron chi connectivity index (χ1n) is 8.45. The van der Waals surface area contributed by atoms with Crippen LogP contribution in [0, 0.1) is 17.8 Å². The van der Waals surface area contributed by atoms with Gasteiger partial charge in [-0.05, 0) is 56.3 Å². The lowest BCUT2D eigenvalue weighted by Crippen LogP contribution is -2.57. The normalized spacial score (nSPS) is 32.5. The molecule has 0 aromatic carbocycles. The number of hydrogen-bond acceptors (Lipinski definition) is 2. The first kappa shape index (κ1) is 15.3. The fourth-order valence-corrected chi connectivity index (χ4v) is 3.96. The zero-order valence-corrected chi connectivity index (χ0v) is 13.5. The summed E-state index contributed by atoms with van der Waals surface area (Å²) in [5.74, 6) is 2.53. The summed E-state index contributed by atoms with van der Waals surface area (Å²) in [6, 6.07) is 0.849. The maximum atomic E-state index is 6.26. The highest BCUT2D eigenvalue weighted by Crippen LogP contribution is 2.43. The highest BCUT2D eigenvalue weighted by Gasteiger charge is 2.45. The van der Waals surface area contributed by atoms with Crippen LogP contribution in [0.1, 0.15) is 66.2 Å². The monoisotopic (exact) mass is 266 g/mol. The highest BCUT2D eigenvalue weighted by molar-refractivity contribution is 5.02. The Labute approximate surface area is 120 Å². The number of nitrogens with two attached hydrogens (primary N) is 1. The molecule has 0 aromatic rings. The van der Waals surface area contributed by atoms with Gasteiger partial charge in [0.1, 0.15) is 0 Å². The molecule has 0 spiro atoms. The molecule has 0 radical (unpaired) electrons. The Hall–Kier alpha value is -0.0800. The summed E-state index contributed by atoms with van der Waals surface area (Å²) in [7, 11) is 0. The Morgan fingerprint density at radius 1 is 1.05 bits per heavy atom. The summed E-state index contributed by atoms with van der Waals surface area (Å²) in [5, 5.41) is 0. The van der Waals surface area contributed by atoms with Gasteiger partial charge < -0.3 is 5.73 Å². The van der Waals surface area contributed by atoms with Gasteiger partial charge in [-0.25, -0.2) is 0 Å². The van der Waals surface area contributed by atoms with Crippen molar-refractivity contribution in [2.75, 3.05) is 13.1 Å². The van der Waals surface area contributed by atoms with Crippen molar-refractivity contribution in [3.8, 4) is 0 Å². The lowest BCUT2D eigenvalue weighted by Gasteiger charge is -2.49. The van der Waals surface area contributed by atoms with Gasteiger partial charge in [0.2, 0.25) is 0 Å². The van der Waals surface area contributed by atoms with E-state index in [1.54, 1.807) is 0 Å². The molecule has 112 valence electrons. The van der Waals surface area contributed by atoms with Crippen LogP contribution in [0.3, 0.4) is 0 Å². The second-order valence-corrected chi connectivity index (χ2v) is 7.79. The molecule has 2 heteroatoms. The third-order valence-corrected chi connectivity index (χ3v) is 5.44. The van der Waals surface area contributed by atoms with Crippen LogP contribution in [-0.2, 0) is 0 Å². The maximum absolute atomic E-state index is 6.26. The van der Waals surface area contributed by atoms with Crippen LogP contribution in [-0.4, -0.2) is 29.6 Å². The van der Waals surface area contributed by atoms with E-state index in [4.69, 9.17) is 5.73 Å². The summed E-state index contributed by atoms with van der Waals surface area (Å²) >= 11 is 0. The van der Waals surface area contributed by atoms with Crippen molar-refractivity contribution in [3.63, 3.8) is 0 Å². The third-order valence-electron chi connectivity index (χ3n) is 5.44. The van der Waals surface area contributed by atoms with E-state index in [1.807, 2.05) is 0 Å². The number of hydrogen-bond donors (Lipinski definition) is 1. The highest BCUT2D eigenvalue weighted by atomic mass is 15.3. The molecule has 0 bridgehead atoms. The van der Waals surface area contributed by atoms with Gasteiger partial charge in [-0.3, -0.25) is 4.90 Å². The molecular weight excluding hydrogens is 232 g/mol. The van der Waals surface area contributed by atoms with E-state index in [2.05, 4.69) is 32.6 Å². The fraction of sp³-hybridized carbons (Fsp3) is 1.00. The molecule has 2 rings (SSSR count). The summed E-state index contributed by atoms with van der Waals surface area (Å²) in [4.78, 5) is 2.81. The molecule has 0 aromatic heterocycles. The zero-order chi connectivity index (χ0) is 14.0. The summed E-state index contributed by atoms with van der Waals surface area (Å²) < 4.78 is 0. The largest absolute Gasteiger partial charge is 0.329 e. The molecule has 2 fully saturated rings. The molecule has 0 atom stereocenters. The van der Waals surface area contributed by atoms with Crippen molar-refractivity contribution in [1.29, 1.82) is 0 Å². The minimum Gasteiger partial charge on any atom is -0.329 e. The molecule has 2 aliphatic rings. The van der Waals surface area contributed by atoms with Crippen LogP contribution >= 0.6 is 0 Å². The van der Waals surface area contributed by atoms with Crippen LogP contribution in [0.2, 0.25) is 0 Å². The third kappa shape index (κ3) is 3.52. The molecule has 2 N–H and O–H groups in total. The Bertz CT molecular complexity index is 273. The van der Waals surface area contributed by atoms with Crippen LogP contribution in [0.4, 0.5) is 0 Å². The molecule has 0 amide bonds. The van der Waals surface area contributed by atoms with E-state index in [9.17, 15) is 0 Å². The Morgan fingerprint density at radius 3 is 2.00 bits per heavy atom. The fourth-order valence-electron chi connectivity index (χ4n) is 3.96. The Morgan fingerprint density at radius 2 is 1.63 bits per heavy atom. The molecule has 2 saturated carbocycles. The van der Waals surface area contributed by atoms with E-state index >= 15 is 0 Å². The van der Waals surface area contributed by atoms with Crippen LogP contribution in [0.5, 0.6) is 0 Å². The van der Waals surface area contributed by atoms with E-state index in [-0.39, 0.29) is 0 Å². The first-order valence-corrected chi connectivity index (χ1v) is 8.45. The maximum Gasteiger partial charge on any atom is 0.0335 e. The predicted octanol–water partition coefficient (Wildman–Crippen LogP) is 3.65. The zero-order valence-electron chi connectivity index (χ0n) is 13.5. The minimum absolute atomic E-state index is 0.330. The Kier molecular flexibility index (Phi) is 4.94. The lowest BCUT2D eigenvalue weighted by molar-refractivity contribution is 0.0196. The van der Waals surface area contributed by atoms with E-state index in [1.165, 1.54) is 45.1 Å². The van der Waals surface area contributed by atoms with Crippen molar-refractivity contribution in [3.05, 3.63) is 0 Å². The summed E-state index contributed by atoms with van der Waals surface area (Å²) in [5.41, 5.74) is 6.59. The lowest BCUT2D eigenvalue weighted by atomic mass is 9.71. The minimum atomic E-state index is 0.330. The van der Waals surface area contributed by atoms with E-state index < -0.39 is 0 Å². The van der Waals surface area contributed by atoms with Crippen molar-refractivity contribution in [2.24, 2.45) is 23.5 Å². The molecule has 19 heavy (non-hydrogen) atoms. The smallest absolute Gasteiger partial charge is 0.0335 e. The number of rotatable bonds is 6. The second-order valence-electron chi connectivity index (χ2n) is 7.79. The van der Waals surface area contributed by atoms with Gasteiger partial charge in [0, 0.05) is 24.7 Å². The van der Waals surface area contributed by atoms with Gasteiger partial charge in [0.15, 0.2) is 0 Å². The first-order chi connectivity index (χ1) is 8.98. The topological polar surface area (TPSA) is 29.3 Å². The second kappa shape index (κ2) is 6.13. The SMILES string of the molecule is CC(C)CN(C1CC1)C1(CN)CCC(C(C)C)CC1. The van der Waals surface area contributed by atoms with Crippen molar-refractivity contribution >= 4 is 0 Å². The molecule has 0 saturated heterocycles. The van der Waals surface area contributed by atoms with Crippen LogP contribution < -0.4 is 5.73 Å². The Balaban J connectivity index is 2.04. The molecule has 0 heterocycles. The quantitative estimate of drug-likeness (QED) is 0.795.